The van der Waals surface area contributed by atoms with Gasteiger partial charge in [-0.05, 0) is 79.3 Å². The van der Waals surface area contributed by atoms with Crippen molar-refractivity contribution < 1.29 is 14.2 Å². The van der Waals surface area contributed by atoms with Gasteiger partial charge in [-0.2, -0.15) is 0 Å². The summed E-state index contributed by atoms with van der Waals surface area (Å²) >= 11 is 0. The molecule has 3 nitrogen and oxygen atoms in total. The van der Waals surface area contributed by atoms with Gasteiger partial charge in [-0.3, -0.25) is 0 Å². The number of rotatable bonds is 5. The highest BCUT2D eigenvalue weighted by Gasteiger charge is 2.35. The van der Waals surface area contributed by atoms with E-state index in [0.717, 1.165) is 33.0 Å². The normalized spacial score (nSPS) is 12.7. The molecule has 0 radical (unpaired) electrons. The molecule has 0 saturated carbocycles. The number of hydrogen-bond donors (Lipinski definition) is 1. The van der Waals surface area contributed by atoms with E-state index < -0.39 is 11.2 Å². The Bertz CT molecular complexity index is 1440. The number of benzene rings is 4. The molecule has 4 aromatic carbocycles. The molecule has 5 aromatic rings. The van der Waals surface area contributed by atoms with Crippen LogP contribution in [0.4, 0.5) is 0 Å². The average molecular weight is 422 g/mol. The summed E-state index contributed by atoms with van der Waals surface area (Å²) < 4.78 is 12.3. The second-order valence-electron chi connectivity index (χ2n) is 9.52. The van der Waals surface area contributed by atoms with Crippen LogP contribution in [0.15, 0.2) is 83.3 Å². The lowest BCUT2D eigenvalue weighted by Gasteiger charge is -2.37. The van der Waals surface area contributed by atoms with Crippen LogP contribution < -0.4 is 5.46 Å². The van der Waals surface area contributed by atoms with Gasteiger partial charge < -0.3 is 14.2 Å². The van der Waals surface area contributed by atoms with Gasteiger partial charge >= 0.3 is 7.48 Å². The van der Waals surface area contributed by atoms with Crippen LogP contribution in [0, 0.1) is 0 Å². The fourth-order valence-electron chi connectivity index (χ4n) is 4.00. The summed E-state index contributed by atoms with van der Waals surface area (Å²) in [6.45, 7) is 7.38. The Hall–Kier alpha value is -3.08. The standard InChI is InChI=1S/C28H27BO3/c1-27(2,30)28(3,4)32-29-23-10-7-11-25-26(23)22-17-21(14-15-24(22)31-25)20-13-12-18-8-5-6-9-19(18)16-20/h5-17,29-30H,1-4H3. The second kappa shape index (κ2) is 7.51. The first kappa shape index (κ1) is 20.8. The van der Waals surface area contributed by atoms with Crippen molar-refractivity contribution in [1.82, 2.24) is 0 Å². The van der Waals surface area contributed by atoms with Gasteiger partial charge in [-0.25, -0.2) is 0 Å². The van der Waals surface area contributed by atoms with Crippen LogP contribution in [-0.4, -0.2) is 23.8 Å². The van der Waals surface area contributed by atoms with E-state index >= 15 is 0 Å². The third-order valence-electron chi connectivity index (χ3n) is 6.73. The van der Waals surface area contributed by atoms with E-state index in [4.69, 9.17) is 9.07 Å². The van der Waals surface area contributed by atoms with E-state index in [2.05, 4.69) is 60.7 Å². The van der Waals surface area contributed by atoms with Crippen molar-refractivity contribution in [2.75, 3.05) is 0 Å². The van der Waals surface area contributed by atoms with Crippen molar-refractivity contribution in [2.24, 2.45) is 0 Å². The zero-order valence-corrected chi connectivity index (χ0v) is 19.0. The molecule has 0 aliphatic heterocycles. The molecule has 0 aliphatic carbocycles. The van der Waals surface area contributed by atoms with Gasteiger partial charge in [0.1, 0.15) is 11.2 Å². The van der Waals surface area contributed by atoms with E-state index in [1.165, 1.54) is 16.3 Å². The maximum Gasteiger partial charge on any atom is 0.310 e. The molecule has 32 heavy (non-hydrogen) atoms. The highest BCUT2D eigenvalue weighted by atomic mass is 16.5. The highest BCUT2D eigenvalue weighted by molar-refractivity contribution is 6.52. The highest BCUT2D eigenvalue weighted by Crippen LogP contribution is 2.33. The topological polar surface area (TPSA) is 42.6 Å². The molecular formula is C28H27BO3. The molecule has 160 valence electrons. The molecule has 0 bridgehead atoms. The Morgan fingerprint density at radius 2 is 1.47 bits per heavy atom. The van der Waals surface area contributed by atoms with Crippen LogP contribution in [0.2, 0.25) is 0 Å². The molecule has 4 heteroatoms. The van der Waals surface area contributed by atoms with Crippen LogP contribution in [0.25, 0.3) is 43.8 Å². The maximum atomic E-state index is 10.5. The van der Waals surface area contributed by atoms with Gasteiger partial charge in [0.25, 0.3) is 0 Å². The summed E-state index contributed by atoms with van der Waals surface area (Å²) in [7, 11) is 0.392. The largest absolute Gasteiger partial charge is 0.456 e. The zero-order valence-electron chi connectivity index (χ0n) is 19.0. The summed E-state index contributed by atoms with van der Waals surface area (Å²) in [6, 6.07) is 27.4. The predicted octanol–water partition coefficient (Wildman–Crippen LogP) is 5.95. The minimum atomic E-state index is -0.956. The van der Waals surface area contributed by atoms with Crippen LogP contribution in [0.3, 0.4) is 0 Å². The van der Waals surface area contributed by atoms with Gasteiger partial charge in [0, 0.05) is 10.8 Å². The fourth-order valence-corrected chi connectivity index (χ4v) is 4.00. The quantitative estimate of drug-likeness (QED) is 0.356. The summed E-state index contributed by atoms with van der Waals surface area (Å²) in [5, 5.41) is 15.1. The van der Waals surface area contributed by atoms with E-state index in [9.17, 15) is 5.11 Å². The SMILES string of the molecule is CC(C)(O)C(C)(C)OBc1cccc2oc3ccc(-c4ccc5ccccc5c4)cc3c12. The van der Waals surface area contributed by atoms with Crippen LogP contribution >= 0.6 is 0 Å². The Kier molecular flexibility index (Phi) is 4.88. The van der Waals surface area contributed by atoms with Gasteiger partial charge in [-0.15, -0.1) is 0 Å². The van der Waals surface area contributed by atoms with Crippen molar-refractivity contribution in [1.29, 1.82) is 0 Å². The van der Waals surface area contributed by atoms with Crippen LogP contribution in [0.1, 0.15) is 27.7 Å². The van der Waals surface area contributed by atoms with E-state index in [-0.39, 0.29) is 0 Å². The first-order valence-electron chi connectivity index (χ1n) is 11.0. The van der Waals surface area contributed by atoms with Crippen molar-refractivity contribution >= 4 is 45.7 Å². The molecular weight excluding hydrogens is 395 g/mol. The number of fused-ring (bicyclic) bond motifs is 4. The monoisotopic (exact) mass is 422 g/mol. The Balaban J connectivity index is 1.59. The molecule has 0 amide bonds. The number of aliphatic hydroxyl groups is 1. The molecule has 0 fully saturated rings. The lowest BCUT2D eigenvalue weighted by Crippen LogP contribution is -2.49. The Labute approximate surface area is 188 Å². The average Bonchev–Trinajstić information content (AvgIpc) is 3.15. The first-order valence-corrected chi connectivity index (χ1v) is 11.0. The van der Waals surface area contributed by atoms with Gasteiger partial charge in [0.2, 0.25) is 0 Å². The Morgan fingerprint density at radius 3 is 2.25 bits per heavy atom. The number of furan rings is 1. The summed E-state index contributed by atoms with van der Waals surface area (Å²) in [4.78, 5) is 0. The van der Waals surface area contributed by atoms with Crippen LogP contribution in [-0.2, 0) is 4.65 Å². The fraction of sp³-hybridized carbons (Fsp3) is 0.214. The van der Waals surface area contributed by atoms with E-state index in [0.29, 0.717) is 7.48 Å². The summed E-state index contributed by atoms with van der Waals surface area (Å²) in [5.41, 5.74) is 3.44. The molecule has 1 heterocycles. The lowest BCUT2D eigenvalue weighted by molar-refractivity contribution is -0.0893. The zero-order chi connectivity index (χ0) is 22.5. The van der Waals surface area contributed by atoms with E-state index in [1.807, 2.05) is 32.0 Å². The van der Waals surface area contributed by atoms with Crippen LogP contribution in [0.5, 0.6) is 0 Å². The molecule has 1 aromatic heterocycles. The molecule has 0 aliphatic rings. The first-order chi connectivity index (χ1) is 15.2. The molecule has 0 saturated heterocycles. The maximum absolute atomic E-state index is 10.5. The van der Waals surface area contributed by atoms with Gasteiger partial charge in [-0.1, -0.05) is 54.6 Å². The van der Waals surface area contributed by atoms with Crippen molar-refractivity contribution in [3.05, 3.63) is 78.9 Å². The lowest BCUT2D eigenvalue weighted by atomic mass is 9.80. The molecule has 0 unspecified atom stereocenters. The second-order valence-corrected chi connectivity index (χ2v) is 9.52. The smallest absolute Gasteiger partial charge is 0.310 e. The van der Waals surface area contributed by atoms with E-state index in [1.54, 1.807) is 13.8 Å². The minimum Gasteiger partial charge on any atom is -0.456 e. The minimum absolute atomic E-state index is 0.392. The van der Waals surface area contributed by atoms with Crippen molar-refractivity contribution in [2.45, 2.75) is 38.9 Å². The van der Waals surface area contributed by atoms with Crippen molar-refractivity contribution in [3.8, 4) is 11.1 Å². The van der Waals surface area contributed by atoms with Crippen molar-refractivity contribution in [3.63, 3.8) is 0 Å². The third-order valence-corrected chi connectivity index (χ3v) is 6.73. The molecule has 0 atom stereocenters. The molecule has 5 rings (SSSR count). The number of hydrogen-bond acceptors (Lipinski definition) is 3. The predicted molar refractivity (Wildman–Crippen MR) is 135 cm³/mol. The van der Waals surface area contributed by atoms with Gasteiger partial charge in [0.15, 0.2) is 0 Å². The third kappa shape index (κ3) is 3.60. The summed E-state index contributed by atoms with van der Waals surface area (Å²) in [5.74, 6) is 0. The Morgan fingerprint density at radius 1 is 0.750 bits per heavy atom. The summed E-state index contributed by atoms with van der Waals surface area (Å²) in [6.07, 6.45) is 0. The molecule has 0 spiro atoms. The van der Waals surface area contributed by atoms with Gasteiger partial charge in [0.05, 0.1) is 11.2 Å². The molecule has 1 N–H and O–H groups in total.